The molecule has 0 fully saturated rings. The minimum atomic E-state index is -1.75. The molecule has 0 aliphatic rings. The summed E-state index contributed by atoms with van der Waals surface area (Å²) in [6.07, 6.45) is 0. The molecule has 0 atom stereocenters. The number of rotatable bonds is 10. The molecule has 406 valence electrons. The van der Waals surface area contributed by atoms with E-state index in [2.05, 4.69) is 257 Å². The van der Waals surface area contributed by atoms with Crippen LogP contribution in [0.25, 0.3) is 0 Å². The van der Waals surface area contributed by atoms with Gasteiger partial charge < -0.3 is 30.6 Å². The molecule has 10 aromatic carbocycles. The van der Waals surface area contributed by atoms with Crippen LogP contribution in [0.3, 0.4) is 0 Å². The Morgan fingerprint density at radius 3 is 0.462 bits per heavy atom. The van der Waals surface area contributed by atoms with Crippen molar-refractivity contribution in [3.05, 3.63) is 361 Å². The Morgan fingerprint density at radius 1 is 0.244 bits per heavy atom. The van der Waals surface area contributed by atoms with Gasteiger partial charge in [-0.3, -0.25) is 0 Å². The van der Waals surface area contributed by atoms with Crippen molar-refractivity contribution in [1.82, 2.24) is 0 Å². The van der Waals surface area contributed by atoms with Gasteiger partial charge in [-0.1, -0.05) is 255 Å². The van der Waals surface area contributed by atoms with Crippen molar-refractivity contribution in [2.45, 2.75) is 0 Å². The van der Waals surface area contributed by atoms with E-state index in [1.807, 2.05) is 72.8 Å². The quantitative estimate of drug-likeness (QED) is 0.0440. The Kier molecular flexibility index (Phi) is 30.6. The summed E-state index contributed by atoms with van der Waals surface area (Å²) < 4.78 is 0. The summed E-state index contributed by atoms with van der Waals surface area (Å²) >= 11 is 0. The van der Waals surface area contributed by atoms with Crippen LogP contribution in [0, 0.1) is 57.3 Å². The zero-order chi connectivity index (χ0) is 54.4. The zero-order valence-corrected chi connectivity index (χ0v) is 50.3. The Bertz CT molecular complexity index is 2660. The molecule has 0 N–H and O–H groups in total. The Balaban J connectivity index is 0.000000260. The van der Waals surface area contributed by atoms with Crippen molar-refractivity contribution in [2.75, 3.05) is 0 Å². The van der Waals surface area contributed by atoms with Gasteiger partial charge in [-0.25, -0.2) is 0 Å². The SMILES string of the molecule is O=[N+]([O-])[O-].O=[N+]([O-])[O-].[Au].[Au].[CH2-][P+]([CH2-])(c1ccccc1)c1ccccc1.[CH2-][P+]([CH2-])(c1ccccc1)c1ccccc1.c1ccc(P(c2ccccc2)c2ccccc2)cc1.c1ccc(P(c2ccccc2)c2ccccc2)cc1. The average Bonchev–Trinajstić information content (AvgIpc) is 3.47. The van der Waals surface area contributed by atoms with Crippen molar-refractivity contribution in [1.29, 1.82) is 0 Å². The normalized spacial score (nSPS) is 10.1. The molecule has 78 heavy (non-hydrogen) atoms. The van der Waals surface area contributed by atoms with Crippen LogP contribution in [0.2, 0.25) is 0 Å². The van der Waals surface area contributed by atoms with Gasteiger partial charge >= 0.3 is 0 Å². The fraction of sp³-hybridized carbons (Fsp3) is 0. The second-order valence-electron chi connectivity index (χ2n) is 16.4. The van der Waals surface area contributed by atoms with E-state index in [0.29, 0.717) is 0 Å². The number of benzene rings is 10. The Labute approximate surface area is 495 Å². The average molecular weight is 1470 g/mol. The van der Waals surface area contributed by atoms with E-state index >= 15 is 0 Å². The minimum absolute atomic E-state index is 0. The van der Waals surface area contributed by atoms with Gasteiger partial charge in [0.1, 0.15) is 0 Å². The van der Waals surface area contributed by atoms with Crippen LogP contribution in [0.15, 0.2) is 303 Å². The van der Waals surface area contributed by atoms with Gasteiger partial charge in [0, 0.05) is 66.0 Å². The maximum absolute atomic E-state index is 8.25. The molecular formula is C64H58Au2N2O6P4-4. The predicted octanol–water partition coefficient (Wildman–Crippen LogP) is 12.9. The van der Waals surface area contributed by atoms with Crippen LogP contribution in [0.1, 0.15) is 0 Å². The maximum atomic E-state index is 8.25. The fourth-order valence-electron chi connectivity index (χ4n) is 7.51. The van der Waals surface area contributed by atoms with E-state index in [-0.39, 0.29) is 44.8 Å². The first-order valence-electron chi connectivity index (χ1n) is 23.7. The van der Waals surface area contributed by atoms with Crippen LogP contribution in [0.5, 0.6) is 0 Å². The first-order chi connectivity index (χ1) is 36.8. The van der Waals surface area contributed by atoms with E-state index in [9.17, 15) is 0 Å². The second-order valence-corrected chi connectivity index (χ2v) is 26.8. The standard InChI is InChI=1S/2C18H15P.2C14H14P.2Au.2NO3/c2*1-4-10-16(11-5-1)19(17-12-6-2-7-13-17)18-14-8-3-9-15-18;2*1-15(2,13-9-5-3-6-10-13)14-11-7-4-8-12-14;;;2*2-1(3)4/h2*1-15H;2*3-12H,1-2H2;;;;/q;;2*-1;;;2*-1. The fourth-order valence-corrected chi connectivity index (χ4v) is 15.7. The van der Waals surface area contributed by atoms with E-state index in [1.165, 1.54) is 53.0 Å². The van der Waals surface area contributed by atoms with Crippen LogP contribution in [-0.4, -0.2) is 10.2 Å². The Morgan fingerprint density at radius 2 is 0.346 bits per heavy atom. The molecule has 0 bridgehead atoms. The van der Waals surface area contributed by atoms with Crippen LogP contribution >= 0.6 is 30.4 Å². The van der Waals surface area contributed by atoms with Gasteiger partial charge in [-0.2, -0.15) is 41.2 Å². The van der Waals surface area contributed by atoms with Gasteiger partial charge in [-0.05, 0) is 96.2 Å². The van der Waals surface area contributed by atoms with Crippen molar-refractivity contribution >= 4 is 83.4 Å². The summed E-state index contributed by atoms with van der Waals surface area (Å²) in [5, 5.41) is 42.9. The van der Waals surface area contributed by atoms with E-state index in [0.717, 1.165) is 0 Å². The second kappa shape index (κ2) is 36.1. The topological polar surface area (TPSA) is 132 Å². The summed E-state index contributed by atoms with van der Waals surface area (Å²) in [5.41, 5.74) is 0. The van der Waals surface area contributed by atoms with Gasteiger partial charge in [0.2, 0.25) is 0 Å². The molecule has 10 rings (SSSR count). The molecule has 14 heteroatoms. The number of nitrogens with zero attached hydrogens (tertiary/aromatic N) is 2. The molecule has 0 aromatic heterocycles. The molecule has 0 unspecified atom stereocenters. The summed E-state index contributed by atoms with van der Waals surface area (Å²) in [5.74, 6) is 0. The molecule has 0 saturated heterocycles. The van der Waals surface area contributed by atoms with Crippen LogP contribution < -0.4 is 53.0 Å². The largest absolute Gasteiger partial charge is 0.356 e. The molecule has 10 aromatic rings. The van der Waals surface area contributed by atoms with Gasteiger partial charge in [0.05, 0.1) is 10.2 Å². The first-order valence-corrected chi connectivity index (χ1v) is 30.7. The van der Waals surface area contributed by atoms with Gasteiger partial charge in [-0.15, -0.1) is 0 Å². The van der Waals surface area contributed by atoms with Crippen molar-refractivity contribution in [3.8, 4) is 0 Å². The monoisotopic (exact) mass is 1470 g/mol. The molecule has 0 aliphatic carbocycles. The smallest absolute Gasteiger partial charge is 0.0689 e. The molecule has 2 radical (unpaired) electrons. The third-order valence-corrected chi connectivity index (χ3v) is 21.1. The van der Waals surface area contributed by atoms with Crippen LogP contribution in [-0.2, 0) is 44.8 Å². The zero-order valence-electron chi connectivity index (χ0n) is 42.4. The van der Waals surface area contributed by atoms with Gasteiger partial charge in [0.15, 0.2) is 0 Å². The van der Waals surface area contributed by atoms with E-state index in [1.54, 1.807) is 0 Å². The minimum Gasteiger partial charge on any atom is -0.356 e. The van der Waals surface area contributed by atoms with Gasteiger partial charge in [0.25, 0.3) is 0 Å². The number of hydrogen-bond donors (Lipinski definition) is 0. The maximum Gasteiger partial charge on any atom is 0.0689 e. The first kappa shape index (κ1) is 66.1. The van der Waals surface area contributed by atoms with E-state index in [4.69, 9.17) is 30.6 Å². The van der Waals surface area contributed by atoms with Crippen molar-refractivity contribution in [2.24, 2.45) is 0 Å². The molecule has 0 spiro atoms. The third kappa shape index (κ3) is 22.3. The van der Waals surface area contributed by atoms with Crippen LogP contribution in [0.4, 0.5) is 0 Å². The molecular weight excluding hydrogens is 1410 g/mol. The summed E-state index contributed by atoms with van der Waals surface area (Å²) in [7, 11) is -4.19. The summed E-state index contributed by atoms with van der Waals surface area (Å²) in [6.45, 7) is 17.2. The molecule has 0 amide bonds. The summed E-state index contributed by atoms with van der Waals surface area (Å²) in [6, 6.07) is 106. The Hall–Kier alpha value is -6.20. The van der Waals surface area contributed by atoms with E-state index < -0.39 is 40.5 Å². The molecule has 0 aliphatic heterocycles. The number of hydrogen-bond acceptors (Lipinski definition) is 6. The predicted molar refractivity (Wildman–Crippen MR) is 331 cm³/mol. The third-order valence-electron chi connectivity index (χ3n) is 11.1. The van der Waals surface area contributed by atoms with Crippen molar-refractivity contribution < 1.29 is 54.9 Å². The molecule has 0 saturated carbocycles. The molecule has 8 nitrogen and oxygen atoms in total. The van der Waals surface area contributed by atoms with Crippen molar-refractivity contribution in [3.63, 3.8) is 0 Å². The summed E-state index contributed by atoms with van der Waals surface area (Å²) in [4.78, 5) is 16.5. The molecule has 0 heterocycles.